The van der Waals surface area contributed by atoms with E-state index in [1.807, 2.05) is 0 Å². The standard InChI is InChI=1S/C18H15NO6S/c1-3-11-8-9-12(26(2,23)24)10-15(11)18(22)25-19-16(20)13-6-4-5-7-14(13)17(19)21/h4-10H,3H2,1-2H3. The van der Waals surface area contributed by atoms with Crippen LogP contribution in [0.4, 0.5) is 0 Å². The molecule has 2 aromatic carbocycles. The third-order valence-electron chi connectivity index (χ3n) is 4.04. The minimum Gasteiger partial charge on any atom is -0.324 e. The smallest absolute Gasteiger partial charge is 0.324 e. The summed E-state index contributed by atoms with van der Waals surface area (Å²) in [6.07, 6.45) is 1.46. The Balaban J connectivity index is 1.94. The molecule has 3 rings (SSSR count). The maximum Gasteiger partial charge on any atom is 0.364 e. The van der Waals surface area contributed by atoms with Crippen LogP contribution < -0.4 is 0 Å². The monoisotopic (exact) mass is 373 g/mol. The maximum atomic E-state index is 12.5. The summed E-state index contributed by atoms with van der Waals surface area (Å²) in [5, 5.41) is 0.402. The SMILES string of the molecule is CCc1ccc(S(C)(=O)=O)cc1C(=O)ON1C(=O)c2ccccc2C1=O. The number of carbonyl (C=O) groups excluding carboxylic acids is 3. The van der Waals surface area contributed by atoms with Crippen LogP contribution in [-0.2, 0) is 21.1 Å². The molecule has 7 nitrogen and oxygen atoms in total. The van der Waals surface area contributed by atoms with Gasteiger partial charge in [-0.1, -0.05) is 30.2 Å². The van der Waals surface area contributed by atoms with E-state index in [9.17, 15) is 22.8 Å². The number of aryl methyl sites for hydroxylation is 1. The molecule has 1 aliphatic rings. The van der Waals surface area contributed by atoms with Crippen molar-refractivity contribution in [3.8, 4) is 0 Å². The Morgan fingerprint density at radius 1 is 1.04 bits per heavy atom. The van der Waals surface area contributed by atoms with E-state index < -0.39 is 27.6 Å². The first-order chi connectivity index (χ1) is 12.2. The number of amides is 2. The molecule has 1 heterocycles. The predicted molar refractivity (Wildman–Crippen MR) is 91.3 cm³/mol. The van der Waals surface area contributed by atoms with Gasteiger partial charge in [0.25, 0.3) is 11.8 Å². The summed E-state index contributed by atoms with van der Waals surface area (Å²) in [6.45, 7) is 1.79. The second-order valence-electron chi connectivity index (χ2n) is 5.77. The van der Waals surface area contributed by atoms with E-state index in [2.05, 4.69) is 0 Å². The second-order valence-corrected chi connectivity index (χ2v) is 7.79. The van der Waals surface area contributed by atoms with E-state index in [1.54, 1.807) is 19.1 Å². The Labute approximate surface area is 150 Å². The van der Waals surface area contributed by atoms with Crippen molar-refractivity contribution in [3.63, 3.8) is 0 Å². The van der Waals surface area contributed by atoms with Crippen LogP contribution in [0.15, 0.2) is 47.4 Å². The van der Waals surface area contributed by atoms with E-state index in [4.69, 9.17) is 4.84 Å². The highest BCUT2D eigenvalue weighted by Gasteiger charge is 2.39. The van der Waals surface area contributed by atoms with Crippen molar-refractivity contribution >= 4 is 27.6 Å². The highest BCUT2D eigenvalue weighted by molar-refractivity contribution is 7.90. The molecule has 0 spiro atoms. The fraction of sp³-hybridized carbons (Fsp3) is 0.167. The van der Waals surface area contributed by atoms with Crippen molar-refractivity contribution < 1.29 is 27.6 Å². The first-order valence-corrected chi connectivity index (χ1v) is 9.66. The van der Waals surface area contributed by atoms with Gasteiger partial charge in [-0.3, -0.25) is 9.59 Å². The number of rotatable bonds is 4. The van der Waals surface area contributed by atoms with E-state index in [0.29, 0.717) is 17.0 Å². The van der Waals surface area contributed by atoms with Crippen LogP contribution in [0.1, 0.15) is 43.6 Å². The van der Waals surface area contributed by atoms with Gasteiger partial charge in [0.15, 0.2) is 9.84 Å². The number of carbonyl (C=O) groups is 3. The quantitative estimate of drug-likeness (QED) is 0.761. The minimum absolute atomic E-state index is 0.00742. The lowest BCUT2D eigenvalue weighted by Gasteiger charge is -2.14. The summed E-state index contributed by atoms with van der Waals surface area (Å²) in [6, 6.07) is 10.2. The number of hydrogen-bond acceptors (Lipinski definition) is 6. The number of imide groups is 1. The summed E-state index contributed by atoms with van der Waals surface area (Å²) in [7, 11) is -3.53. The van der Waals surface area contributed by atoms with Gasteiger partial charge in [0, 0.05) is 6.26 Å². The molecule has 0 aromatic heterocycles. The molecular formula is C18H15NO6S. The van der Waals surface area contributed by atoms with Crippen LogP contribution in [0.2, 0.25) is 0 Å². The van der Waals surface area contributed by atoms with Gasteiger partial charge in [-0.05, 0) is 36.2 Å². The molecule has 0 saturated heterocycles. The third-order valence-corrected chi connectivity index (χ3v) is 5.15. The summed E-state index contributed by atoms with van der Waals surface area (Å²) >= 11 is 0. The molecule has 0 radical (unpaired) electrons. The minimum atomic E-state index is -3.53. The predicted octanol–water partition coefficient (Wildman–Crippen LogP) is 2.02. The summed E-state index contributed by atoms with van der Waals surface area (Å²) < 4.78 is 23.5. The normalized spacial score (nSPS) is 13.7. The number of benzene rings is 2. The molecule has 134 valence electrons. The molecule has 2 aromatic rings. The molecule has 0 aliphatic carbocycles. The second kappa shape index (κ2) is 6.38. The third kappa shape index (κ3) is 2.99. The molecule has 2 amide bonds. The molecule has 0 saturated carbocycles. The largest absolute Gasteiger partial charge is 0.364 e. The Morgan fingerprint density at radius 2 is 1.62 bits per heavy atom. The van der Waals surface area contributed by atoms with Gasteiger partial charge in [0.2, 0.25) is 0 Å². The summed E-state index contributed by atoms with van der Waals surface area (Å²) in [4.78, 5) is 42.1. The first-order valence-electron chi connectivity index (χ1n) is 7.77. The van der Waals surface area contributed by atoms with Gasteiger partial charge in [0.1, 0.15) is 0 Å². The zero-order chi connectivity index (χ0) is 19.1. The van der Waals surface area contributed by atoms with E-state index in [0.717, 1.165) is 6.26 Å². The van der Waals surface area contributed by atoms with Crippen molar-refractivity contribution in [2.24, 2.45) is 0 Å². The van der Waals surface area contributed by atoms with E-state index in [-0.39, 0.29) is 21.6 Å². The molecular weight excluding hydrogens is 358 g/mol. The van der Waals surface area contributed by atoms with Gasteiger partial charge in [-0.15, -0.1) is 0 Å². The number of hydroxylamine groups is 2. The average Bonchev–Trinajstić information content (AvgIpc) is 2.85. The molecule has 1 aliphatic heterocycles. The van der Waals surface area contributed by atoms with Crippen molar-refractivity contribution in [1.82, 2.24) is 5.06 Å². The zero-order valence-corrected chi connectivity index (χ0v) is 14.9. The van der Waals surface area contributed by atoms with Gasteiger partial charge in [-0.2, -0.15) is 0 Å². The Kier molecular flexibility index (Phi) is 4.37. The molecule has 0 bridgehead atoms. The Bertz CT molecular complexity index is 1010. The molecule has 0 fully saturated rings. The van der Waals surface area contributed by atoms with Crippen LogP contribution in [0.5, 0.6) is 0 Å². The maximum absolute atomic E-state index is 12.5. The summed E-state index contributed by atoms with van der Waals surface area (Å²) in [5.41, 5.74) is 0.822. The van der Waals surface area contributed by atoms with E-state index >= 15 is 0 Å². The molecule has 26 heavy (non-hydrogen) atoms. The van der Waals surface area contributed by atoms with E-state index in [1.165, 1.54) is 30.3 Å². The first kappa shape index (κ1) is 17.8. The zero-order valence-electron chi connectivity index (χ0n) is 14.1. The van der Waals surface area contributed by atoms with Crippen molar-refractivity contribution in [1.29, 1.82) is 0 Å². The van der Waals surface area contributed by atoms with Crippen LogP contribution in [-0.4, -0.2) is 37.5 Å². The number of fused-ring (bicyclic) bond motifs is 1. The van der Waals surface area contributed by atoms with Gasteiger partial charge >= 0.3 is 5.97 Å². The lowest BCUT2D eigenvalue weighted by atomic mass is 10.1. The van der Waals surface area contributed by atoms with Crippen molar-refractivity contribution in [2.75, 3.05) is 6.26 Å². The average molecular weight is 373 g/mol. The lowest BCUT2D eigenvalue weighted by Crippen LogP contribution is -2.33. The number of sulfone groups is 1. The molecule has 0 N–H and O–H groups in total. The van der Waals surface area contributed by atoms with Crippen LogP contribution in [0, 0.1) is 0 Å². The fourth-order valence-corrected chi connectivity index (χ4v) is 3.31. The topological polar surface area (TPSA) is 97.8 Å². The van der Waals surface area contributed by atoms with Crippen LogP contribution in [0.25, 0.3) is 0 Å². The number of nitrogens with zero attached hydrogens (tertiary/aromatic N) is 1. The van der Waals surface area contributed by atoms with Gasteiger partial charge in [-0.25, -0.2) is 13.2 Å². The van der Waals surface area contributed by atoms with Crippen LogP contribution in [0.3, 0.4) is 0 Å². The van der Waals surface area contributed by atoms with Crippen molar-refractivity contribution in [3.05, 3.63) is 64.7 Å². The highest BCUT2D eigenvalue weighted by Crippen LogP contribution is 2.24. The van der Waals surface area contributed by atoms with Gasteiger partial charge in [0.05, 0.1) is 21.6 Å². The summed E-state index contributed by atoms with van der Waals surface area (Å²) in [5.74, 6) is -2.45. The fourth-order valence-electron chi connectivity index (χ4n) is 2.67. The van der Waals surface area contributed by atoms with Crippen LogP contribution >= 0.6 is 0 Å². The molecule has 0 atom stereocenters. The van der Waals surface area contributed by atoms with Gasteiger partial charge < -0.3 is 4.84 Å². The Morgan fingerprint density at radius 3 is 2.12 bits per heavy atom. The highest BCUT2D eigenvalue weighted by atomic mass is 32.2. The number of hydrogen-bond donors (Lipinski definition) is 0. The molecule has 8 heteroatoms. The van der Waals surface area contributed by atoms with Crippen molar-refractivity contribution in [2.45, 2.75) is 18.2 Å². The molecule has 0 unspecified atom stereocenters. The lowest BCUT2D eigenvalue weighted by molar-refractivity contribution is -0.0585. The Hall–Kier alpha value is -3.00.